The van der Waals surface area contributed by atoms with Gasteiger partial charge in [-0.1, -0.05) is 0 Å². The Morgan fingerprint density at radius 2 is 1.89 bits per heavy atom. The first kappa shape index (κ1) is 13.0. The third-order valence-corrected chi connectivity index (χ3v) is 4.68. The molecule has 1 saturated heterocycles. The Labute approximate surface area is 104 Å². The van der Waals surface area contributed by atoms with Crippen LogP contribution in [0.4, 0.5) is 4.39 Å². The van der Waals surface area contributed by atoms with Crippen LogP contribution in [0.1, 0.15) is 6.42 Å². The van der Waals surface area contributed by atoms with Crippen molar-refractivity contribution in [3.63, 3.8) is 0 Å². The minimum absolute atomic E-state index is 0.0256. The van der Waals surface area contributed by atoms with Crippen molar-refractivity contribution >= 4 is 16.0 Å². The summed E-state index contributed by atoms with van der Waals surface area (Å²) in [6.45, 7) is 0.401. The summed E-state index contributed by atoms with van der Waals surface area (Å²) in [6, 6.07) is 4.58. The number of carbonyl (C=O) groups is 1. The van der Waals surface area contributed by atoms with E-state index in [9.17, 15) is 17.6 Å². The molecule has 18 heavy (non-hydrogen) atoms. The van der Waals surface area contributed by atoms with E-state index in [0.717, 1.165) is 12.1 Å². The van der Waals surface area contributed by atoms with Crippen LogP contribution in [-0.4, -0.2) is 36.9 Å². The Hall–Kier alpha value is -1.47. The molecule has 0 radical (unpaired) electrons. The average molecular weight is 273 g/mol. The Kier molecular flexibility index (Phi) is 3.36. The predicted molar refractivity (Wildman–Crippen MR) is 60.9 cm³/mol. The van der Waals surface area contributed by atoms with Crippen molar-refractivity contribution in [2.75, 3.05) is 13.1 Å². The molecule has 98 valence electrons. The molecule has 1 fully saturated rings. The molecule has 0 aromatic heterocycles. The largest absolute Gasteiger partial charge is 0.481 e. The zero-order chi connectivity index (χ0) is 13.3. The maximum absolute atomic E-state index is 12.7. The molecule has 5 nitrogen and oxygen atoms in total. The standard InChI is InChI=1S/C11H12FNO4S/c12-9-1-3-10(4-2-9)18(16,17)13-6-8(7-13)5-11(14)15/h1-4,8H,5-7H2,(H,14,15). The molecule has 1 heterocycles. The lowest BCUT2D eigenvalue weighted by Crippen LogP contribution is -2.50. The van der Waals surface area contributed by atoms with E-state index in [-0.39, 0.29) is 30.3 Å². The molecule has 0 bridgehead atoms. The lowest BCUT2D eigenvalue weighted by atomic mass is 10.00. The first-order valence-corrected chi connectivity index (χ1v) is 6.81. The molecule has 1 aromatic rings. The molecular weight excluding hydrogens is 261 g/mol. The van der Waals surface area contributed by atoms with Gasteiger partial charge in [-0.3, -0.25) is 4.79 Å². The number of hydrogen-bond donors (Lipinski definition) is 1. The molecule has 1 aromatic carbocycles. The van der Waals surface area contributed by atoms with Gasteiger partial charge in [0.1, 0.15) is 5.82 Å². The highest BCUT2D eigenvalue weighted by Gasteiger charge is 2.37. The topological polar surface area (TPSA) is 74.7 Å². The second-order valence-electron chi connectivity index (χ2n) is 4.24. The molecule has 1 aliphatic rings. The monoisotopic (exact) mass is 273 g/mol. The van der Waals surface area contributed by atoms with Crippen molar-refractivity contribution in [3.05, 3.63) is 30.1 Å². The van der Waals surface area contributed by atoms with Gasteiger partial charge in [0.05, 0.1) is 11.3 Å². The van der Waals surface area contributed by atoms with Crippen molar-refractivity contribution in [2.24, 2.45) is 5.92 Å². The van der Waals surface area contributed by atoms with Gasteiger partial charge in [0.25, 0.3) is 0 Å². The summed E-state index contributed by atoms with van der Waals surface area (Å²) in [5, 5.41) is 8.58. The second-order valence-corrected chi connectivity index (χ2v) is 6.18. The number of rotatable bonds is 4. The number of benzene rings is 1. The Bertz CT molecular complexity index is 549. The van der Waals surface area contributed by atoms with Crippen LogP contribution in [0.2, 0.25) is 0 Å². The zero-order valence-electron chi connectivity index (χ0n) is 9.41. The van der Waals surface area contributed by atoms with E-state index in [1.54, 1.807) is 0 Å². The van der Waals surface area contributed by atoms with E-state index in [1.165, 1.54) is 16.4 Å². The molecule has 7 heteroatoms. The highest BCUT2D eigenvalue weighted by molar-refractivity contribution is 7.89. The van der Waals surface area contributed by atoms with Gasteiger partial charge in [-0.2, -0.15) is 4.31 Å². The molecule has 0 unspecified atom stereocenters. The fourth-order valence-corrected chi connectivity index (χ4v) is 3.44. The summed E-state index contributed by atoms with van der Waals surface area (Å²) >= 11 is 0. The van der Waals surface area contributed by atoms with E-state index < -0.39 is 21.8 Å². The highest BCUT2D eigenvalue weighted by Crippen LogP contribution is 2.26. The molecule has 1 aliphatic heterocycles. The Morgan fingerprint density at radius 1 is 1.33 bits per heavy atom. The van der Waals surface area contributed by atoms with Gasteiger partial charge in [0.2, 0.25) is 10.0 Å². The molecule has 0 aliphatic carbocycles. The van der Waals surface area contributed by atoms with Gasteiger partial charge in [0, 0.05) is 13.1 Å². The number of nitrogens with zero attached hydrogens (tertiary/aromatic N) is 1. The van der Waals surface area contributed by atoms with Gasteiger partial charge in [-0.25, -0.2) is 12.8 Å². The number of carboxylic acids is 1. The van der Waals surface area contributed by atoms with Gasteiger partial charge >= 0.3 is 5.97 Å². The third-order valence-electron chi connectivity index (χ3n) is 2.84. The van der Waals surface area contributed by atoms with E-state index in [2.05, 4.69) is 0 Å². The van der Waals surface area contributed by atoms with E-state index in [1.807, 2.05) is 0 Å². The third kappa shape index (κ3) is 2.51. The van der Waals surface area contributed by atoms with Crippen molar-refractivity contribution in [1.29, 1.82) is 0 Å². The summed E-state index contributed by atoms with van der Waals surface area (Å²) in [6.07, 6.45) is -0.0323. The van der Waals surface area contributed by atoms with Gasteiger partial charge in [-0.05, 0) is 30.2 Å². The average Bonchev–Trinajstić information content (AvgIpc) is 2.23. The molecule has 0 amide bonds. The van der Waals surface area contributed by atoms with E-state index >= 15 is 0 Å². The number of hydrogen-bond acceptors (Lipinski definition) is 3. The van der Waals surface area contributed by atoms with Crippen LogP contribution >= 0.6 is 0 Å². The minimum atomic E-state index is -3.61. The zero-order valence-corrected chi connectivity index (χ0v) is 10.2. The van der Waals surface area contributed by atoms with Crippen LogP contribution in [0.5, 0.6) is 0 Å². The molecule has 0 spiro atoms. The fraction of sp³-hybridized carbons (Fsp3) is 0.364. The number of sulfonamides is 1. The van der Waals surface area contributed by atoms with Crippen LogP contribution in [0, 0.1) is 11.7 Å². The summed E-state index contributed by atoms with van der Waals surface area (Å²) in [7, 11) is -3.61. The van der Waals surface area contributed by atoms with Crippen molar-refractivity contribution in [1.82, 2.24) is 4.31 Å². The van der Waals surface area contributed by atoms with Gasteiger partial charge in [-0.15, -0.1) is 0 Å². The number of halogens is 1. The lowest BCUT2D eigenvalue weighted by molar-refractivity contribution is -0.139. The van der Waals surface area contributed by atoms with Gasteiger partial charge < -0.3 is 5.11 Å². The van der Waals surface area contributed by atoms with Gasteiger partial charge in [0.15, 0.2) is 0 Å². The van der Waals surface area contributed by atoms with Crippen molar-refractivity contribution in [2.45, 2.75) is 11.3 Å². The molecular formula is C11H12FNO4S. The predicted octanol–water partition coefficient (Wildman–Crippen LogP) is 0.921. The summed E-state index contributed by atoms with van der Waals surface area (Å²) in [4.78, 5) is 10.5. The normalized spacial score (nSPS) is 17.4. The minimum Gasteiger partial charge on any atom is -0.481 e. The van der Waals surface area contributed by atoms with Crippen LogP contribution in [0.15, 0.2) is 29.2 Å². The number of carboxylic acid groups (broad SMARTS) is 1. The summed E-state index contributed by atoms with van der Waals surface area (Å²) in [5.74, 6) is -1.57. The Morgan fingerprint density at radius 3 is 2.39 bits per heavy atom. The first-order chi connectivity index (χ1) is 8.39. The lowest BCUT2D eigenvalue weighted by Gasteiger charge is -2.37. The van der Waals surface area contributed by atoms with Crippen LogP contribution in [-0.2, 0) is 14.8 Å². The molecule has 0 atom stereocenters. The maximum Gasteiger partial charge on any atom is 0.303 e. The molecule has 0 saturated carbocycles. The van der Waals surface area contributed by atoms with Crippen LogP contribution in [0.3, 0.4) is 0 Å². The van der Waals surface area contributed by atoms with E-state index in [4.69, 9.17) is 5.11 Å². The quantitative estimate of drug-likeness (QED) is 0.885. The van der Waals surface area contributed by atoms with Crippen molar-refractivity contribution < 1.29 is 22.7 Å². The summed E-state index contributed by atoms with van der Waals surface area (Å²) < 4.78 is 37.9. The summed E-state index contributed by atoms with van der Waals surface area (Å²) in [5.41, 5.74) is 0. The maximum atomic E-state index is 12.7. The Balaban J connectivity index is 2.06. The SMILES string of the molecule is O=C(O)CC1CN(S(=O)(=O)c2ccc(F)cc2)C1. The smallest absolute Gasteiger partial charge is 0.303 e. The second kappa shape index (κ2) is 4.66. The van der Waals surface area contributed by atoms with Crippen LogP contribution < -0.4 is 0 Å². The first-order valence-electron chi connectivity index (χ1n) is 5.37. The highest BCUT2D eigenvalue weighted by atomic mass is 32.2. The van der Waals surface area contributed by atoms with Crippen molar-refractivity contribution in [3.8, 4) is 0 Å². The fourth-order valence-electron chi connectivity index (χ4n) is 1.85. The van der Waals surface area contributed by atoms with Crippen LogP contribution in [0.25, 0.3) is 0 Å². The molecule has 2 rings (SSSR count). The molecule has 1 N–H and O–H groups in total. The van der Waals surface area contributed by atoms with E-state index in [0.29, 0.717) is 0 Å². The number of aliphatic carboxylic acids is 1.